The Morgan fingerprint density at radius 1 is 1.44 bits per heavy atom. The highest BCUT2D eigenvalue weighted by molar-refractivity contribution is 5.79. The summed E-state index contributed by atoms with van der Waals surface area (Å²) in [6.07, 6.45) is -5.99. The van der Waals surface area contributed by atoms with E-state index in [1.54, 1.807) is 0 Å². The average molecular weight is 246 g/mol. The lowest BCUT2D eigenvalue weighted by atomic mass is 10.2. The summed E-state index contributed by atoms with van der Waals surface area (Å²) >= 11 is 0. The number of carboxylic acid groups (broad SMARTS) is 1. The number of halogens is 4. The van der Waals surface area contributed by atoms with E-state index in [-0.39, 0.29) is 6.92 Å². The van der Waals surface area contributed by atoms with E-state index in [2.05, 4.69) is 4.74 Å². The van der Waals surface area contributed by atoms with Crippen LogP contribution in [0.4, 0.5) is 17.6 Å². The van der Waals surface area contributed by atoms with Gasteiger partial charge in [-0.05, 0) is 0 Å². The van der Waals surface area contributed by atoms with E-state index in [1.807, 2.05) is 0 Å². The Balaban J connectivity index is 4.43. The molecular formula is C8H10F4O4. The van der Waals surface area contributed by atoms with Gasteiger partial charge < -0.3 is 9.84 Å². The van der Waals surface area contributed by atoms with Gasteiger partial charge in [-0.3, -0.25) is 4.79 Å². The molecule has 0 saturated carbocycles. The zero-order valence-corrected chi connectivity index (χ0v) is 8.25. The minimum atomic E-state index is -3.80. The molecule has 0 bridgehead atoms. The summed E-state index contributed by atoms with van der Waals surface area (Å²) in [6.45, 7) is -1.24. The van der Waals surface area contributed by atoms with Crippen LogP contribution in [0, 0.1) is 0 Å². The van der Waals surface area contributed by atoms with Crippen LogP contribution in [0.2, 0.25) is 0 Å². The van der Waals surface area contributed by atoms with Gasteiger partial charge >= 0.3 is 11.9 Å². The molecule has 2 atom stereocenters. The lowest BCUT2D eigenvalue weighted by molar-refractivity contribution is -0.188. The SMILES string of the molecule is CC(F)(F)C(OC(=O)CC(F)CF)C(=O)O. The standard InChI is InChI=1S/C8H10F4O4/c1-8(11,12)6(7(14)15)16-5(13)2-4(10)3-9/h4,6H,2-3H2,1H3,(H,14,15). The van der Waals surface area contributed by atoms with E-state index in [9.17, 15) is 27.2 Å². The van der Waals surface area contributed by atoms with Crippen molar-refractivity contribution in [3.63, 3.8) is 0 Å². The second-order valence-corrected chi connectivity index (χ2v) is 3.12. The van der Waals surface area contributed by atoms with Gasteiger partial charge in [0, 0.05) is 6.92 Å². The number of carbonyl (C=O) groups excluding carboxylic acids is 1. The number of esters is 1. The first kappa shape index (κ1) is 14.7. The summed E-state index contributed by atoms with van der Waals surface area (Å²) in [6, 6.07) is 0. The fourth-order valence-electron chi connectivity index (χ4n) is 0.786. The molecule has 0 aliphatic rings. The van der Waals surface area contributed by atoms with Crippen molar-refractivity contribution in [1.82, 2.24) is 0 Å². The maximum absolute atomic E-state index is 12.6. The molecule has 0 aliphatic heterocycles. The van der Waals surface area contributed by atoms with E-state index in [4.69, 9.17) is 5.11 Å². The Labute approximate surface area is 88.2 Å². The normalized spacial score (nSPS) is 15.3. The number of ether oxygens (including phenoxy) is 1. The molecule has 0 spiro atoms. The van der Waals surface area contributed by atoms with Gasteiger partial charge in [-0.15, -0.1) is 0 Å². The van der Waals surface area contributed by atoms with Crippen molar-refractivity contribution >= 4 is 11.9 Å². The predicted octanol–water partition coefficient (Wildman–Crippen LogP) is 1.34. The molecular weight excluding hydrogens is 236 g/mol. The Morgan fingerprint density at radius 3 is 2.25 bits per heavy atom. The van der Waals surface area contributed by atoms with E-state index in [0.29, 0.717) is 0 Å². The van der Waals surface area contributed by atoms with Gasteiger partial charge in [0.2, 0.25) is 0 Å². The second-order valence-electron chi connectivity index (χ2n) is 3.12. The molecule has 4 nitrogen and oxygen atoms in total. The lowest BCUT2D eigenvalue weighted by Gasteiger charge is -2.19. The van der Waals surface area contributed by atoms with Gasteiger partial charge in [0.15, 0.2) is 0 Å². The van der Waals surface area contributed by atoms with Crippen molar-refractivity contribution in [2.75, 3.05) is 6.67 Å². The Kier molecular flexibility index (Phi) is 5.19. The number of carbonyl (C=O) groups is 2. The summed E-state index contributed by atoms with van der Waals surface area (Å²) in [5.41, 5.74) is 0. The molecule has 1 N–H and O–H groups in total. The predicted molar refractivity (Wildman–Crippen MR) is 43.6 cm³/mol. The molecule has 0 aromatic rings. The summed E-state index contributed by atoms with van der Waals surface area (Å²) in [7, 11) is 0. The zero-order valence-electron chi connectivity index (χ0n) is 8.25. The summed E-state index contributed by atoms with van der Waals surface area (Å²) in [4.78, 5) is 21.1. The fourth-order valence-corrected chi connectivity index (χ4v) is 0.786. The number of hydrogen-bond acceptors (Lipinski definition) is 3. The molecule has 0 aromatic heterocycles. The molecule has 16 heavy (non-hydrogen) atoms. The van der Waals surface area contributed by atoms with Crippen molar-refractivity contribution in [3.05, 3.63) is 0 Å². The van der Waals surface area contributed by atoms with Gasteiger partial charge in [0.25, 0.3) is 12.0 Å². The van der Waals surface area contributed by atoms with Gasteiger partial charge in [0.1, 0.15) is 12.8 Å². The van der Waals surface area contributed by atoms with Crippen molar-refractivity contribution < 1.29 is 37.0 Å². The van der Waals surface area contributed by atoms with Crippen LogP contribution in [0.1, 0.15) is 13.3 Å². The fraction of sp³-hybridized carbons (Fsp3) is 0.750. The van der Waals surface area contributed by atoms with Crippen molar-refractivity contribution in [1.29, 1.82) is 0 Å². The minimum Gasteiger partial charge on any atom is -0.478 e. The van der Waals surface area contributed by atoms with E-state index < -0.39 is 43.2 Å². The van der Waals surface area contributed by atoms with E-state index in [0.717, 1.165) is 0 Å². The maximum atomic E-state index is 12.6. The highest BCUT2D eigenvalue weighted by Crippen LogP contribution is 2.21. The van der Waals surface area contributed by atoms with Gasteiger partial charge in [0.05, 0.1) is 6.42 Å². The summed E-state index contributed by atoms with van der Waals surface area (Å²) in [5.74, 6) is -7.39. The lowest BCUT2D eigenvalue weighted by Crippen LogP contribution is -2.41. The molecule has 0 amide bonds. The van der Waals surface area contributed by atoms with Gasteiger partial charge in [-0.1, -0.05) is 0 Å². The Bertz CT molecular complexity index is 263. The average Bonchev–Trinajstić information content (AvgIpc) is 2.11. The minimum absolute atomic E-state index is 0.237. The van der Waals surface area contributed by atoms with Crippen LogP contribution < -0.4 is 0 Å². The largest absolute Gasteiger partial charge is 0.478 e. The number of rotatable bonds is 6. The Hall–Kier alpha value is -1.34. The van der Waals surface area contributed by atoms with Gasteiger partial charge in [-0.25, -0.2) is 22.4 Å². The second kappa shape index (κ2) is 5.66. The first-order valence-electron chi connectivity index (χ1n) is 4.18. The molecule has 0 heterocycles. The molecule has 94 valence electrons. The highest BCUT2D eigenvalue weighted by Gasteiger charge is 2.43. The van der Waals surface area contributed by atoms with Crippen LogP contribution in [0.15, 0.2) is 0 Å². The van der Waals surface area contributed by atoms with Crippen LogP contribution in [0.5, 0.6) is 0 Å². The number of carboxylic acids is 1. The summed E-state index contributed by atoms with van der Waals surface area (Å²) < 4.78 is 53.0. The third-order valence-corrected chi connectivity index (χ3v) is 1.49. The number of alkyl halides is 4. The first-order valence-corrected chi connectivity index (χ1v) is 4.18. The van der Waals surface area contributed by atoms with E-state index in [1.165, 1.54) is 0 Å². The molecule has 2 unspecified atom stereocenters. The van der Waals surface area contributed by atoms with E-state index >= 15 is 0 Å². The molecule has 0 aliphatic carbocycles. The van der Waals surface area contributed by atoms with Crippen LogP contribution in [0.3, 0.4) is 0 Å². The van der Waals surface area contributed by atoms with Crippen molar-refractivity contribution in [2.24, 2.45) is 0 Å². The molecule has 0 rings (SSSR count). The van der Waals surface area contributed by atoms with Crippen LogP contribution >= 0.6 is 0 Å². The monoisotopic (exact) mass is 246 g/mol. The van der Waals surface area contributed by atoms with Crippen LogP contribution in [-0.2, 0) is 14.3 Å². The molecule has 0 aromatic carbocycles. The van der Waals surface area contributed by atoms with Crippen LogP contribution in [0.25, 0.3) is 0 Å². The summed E-state index contributed by atoms with van der Waals surface area (Å²) in [5, 5.41) is 8.32. The third kappa shape index (κ3) is 4.94. The maximum Gasteiger partial charge on any atom is 0.351 e. The highest BCUT2D eigenvalue weighted by atomic mass is 19.3. The number of hydrogen-bond donors (Lipinski definition) is 1. The third-order valence-electron chi connectivity index (χ3n) is 1.49. The number of aliphatic carboxylic acids is 1. The molecule has 0 radical (unpaired) electrons. The molecule has 8 heteroatoms. The Morgan fingerprint density at radius 2 is 1.94 bits per heavy atom. The molecule has 0 fully saturated rings. The molecule has 0 saturated heterocycles. The quantitative estimate of drug-likeness (QED) is 0.567. The zero-order chi connectivity index (χ0) is 12.9. The van der Waals surface area contributed by atoms with Crippen molar-refractivity contribution in [2.45, 2.75) is 31.5 Å². The smallest absolute Gasteiger partial charge is 0.351 e. The first-order chi connectivity index (χ1) is 7.18. The van der Waals surface area contributed by atoms with Crippen LogP contribution in [-0.4, -0.2) is 41.9 Å². The topological polar surface area (TPSA) is 63.6 Å². The van der Waals surface area contributed by atoms with Crippen molar-refractivity contribution in [3.8, 4) is 0 Å². The van der Waals surface area contributed by atoms with Gasteiger partial charge in [-0.2, -0.15) is 0 Å².